The van der Waals surface area contributed by atoms with Crippen molar-refractivity contribution in [2.24, 2.45) is 0 Å². The Labute approximate surface area is 129 Å². The lowest BCUT2D eigenvalue weighted by Gasteiger charge is -2.10. The molecule has 0 aliphatic rings. The van der Waals surface area contributed by atoms with E-state index in [4.69, 9.17) is 0 Å². The minimum absolute atomic E-state index is 0.700. The molecule has 3 heterocycles. The molecule has 3 aromatic rings. The summed E-state index contributed by atoms with van der Waals surface area (Å²) in [5, 5.41) is 7.99. The van der Waals surface area contributed by atoms with Crippen molar-refractivity contribution in [3.63, 3.8) is 0 Å². The van der Waals surface area contributed by atoms with Gasteiger partial charge >= 0.3 is 0 Å². The summed E-state index contributed by atoms with van der Waals surface area (Å²) in [6, 6.07) is 3.99. The Morgan fingerprint density at radius 2 is 1.91 bits per heavy atom. The summed E-state index contributed by atoms with van der Waals surface area (Å²) in [7, 11) is 0. The van der Waals surface area contributed by atoms with Crippen LogP contribution in [-0.4, -0.2) is 24.7 Å². The van der Waals surface area contributed by atoms with Gasteiger partial charge < -0.3 is 5.32 Å². The second kappa shape index (κ2) is 6.09. The molecule has 3 rings (SSSR count). The SMILES string of the molecule is CCc1nc(NCc2ccncc2)c2c(n1)c(C)nn2CC. The van der Waals surface area contributed by atoms with Gasteiger partial charge in [0.15, 0.2) is 5.82 Å². The molecule has 0 spiro atoms. The van der Waals surface area contributed by atoms with Crippen LogP contribution in [0.15, 0.2) is 24.5 Å². The zero-order valence-electron chi connectivity index (χ0n) is 13.2. The molecule has 114 valence electrons. The third-order valence-corrected chi connectivity index (χ3v) is 3.63. The minimum atomic E-state index is 0.700. The van der Waals surface area contributed by atoms with Crippen LogP contribution in [0, 0.1) is 6.92 Å². The van der Waals surface area contributed by atoms with E-state index in [1.807, 2.05) is 23.7 Å². The topological polar surface area (TPSA) is 68.5 Å². The van der Waals surface area contributed by atoms with Crippen molar-refractivity contribution in [3.8, 4) is 0 Å². The normalized spacial score (nSPS) is 11.0. The number of aromatic nitrogens is 5. The second-order valence-corrected chi connectivity index (χ2v) is 5.15. The highest BCUT2D eigenvalue weighted by molar-refractivity contribution is 5.87. The molecule has 1 N–H and O–H groups in total. The van der Waals surface area contributed by atoms with E-state index in [0.29, 0.717) is 6.54 Å². The lowest BCUT2D eigenvalue weighted by atomic mass is 10.2. The molecule has 0 aromatic carbocycles. The van der Waals surface area contributed by atoms with Crippen molar-refractivity contribution in [3.05, 3.63) is 41.6 Å². The summed E-state index contributed by atoms with van der Waals surface area (Å²) in [6.45, 7) is 7.63. The fourth-order valence-corrected chi connectivity index (χ4v) is 2.47. The number of rotatable bonds is 5. The first-order chi connectivity index (χ1) is 10.7. The first-order valence-electron chi connectivity index (χ1n) is 7.59. The molecule has 6 heteroatoms. The Hall–Kier alpha value is -2.50. The predicted octanol–water partition coefficient (Wildman–Crippen LogP) is 2.72. The number of nitrogens with zero attached hydrogens (tertiary/aromatic N) is 5. The van der Waals surface area contributed by atoms with Crippen molar-refractivity contribution >= 4 is 16.9 Å². The first kappa shape index (κ1) is 14.4. The molecule has 22 heavy (non-hydrogen) atoms. The lowest BCUT2D eigenvalue weighted by Crippen LogP contribution is -2.08. The summed E-state index contributed by atoms with van der Waals surface area (Å²) in [5.41, 5.74) is 4.03. The highest BCUT2D eigenvalue weighted by atomic mass is 15.3. The van der Waals surface area contributed by atoms with Crippen LogP contribution < -0.4 is 5.32 Å². The van der Waals surface area contributed by atoms with Gasteiger partial charge in [-0.05, 0) is 31.5 Å². The molecule has 0 aliphatic carbocycles. The van der Waals surface area contributed by atoms with Gasteiger partial charge in [0.25, 0.3) is 0 Å². The van der Waals surface area contributed by atoms with E-state index < -0.39 is 0 Å². The van der Waals surface area contributed by atoms with Crippen LogP contribution in [0.4, 0.5) is 5.82 Å². The zero-order valence-corrected chi connectivity index (χ0v) is 13.2. The molecule has 0 bridgehead atoms. The van der Waals surface area contributed by atoms with Gasteiger partial charge in [0.05, 0.1) is 5.69 Å². The smallest absolute Gasteiger partial charge is 0.156 e. The highest BCUT2D eigenvalue weighted by Crippen LogP contribution is 2.24. The zero-order chi connectivity index (χ0) is 15.5. The predicted molar refractivity (Wildman–Crippen MR) is 86.7 cm³/mol. The molecule has 3 aromatic heterocycles. The molecule has 0 amide bonds. The Morgan fingerprint density at radius 1 is 1.14 bits per heavy atom. The van der Waals surface area contributed by atoms with E-state index in [1.54, 1.807) is 12.4 Å². The number of hydrogen-bond acceptors (Lipinski definition) is 5. The molecule has 0 fully saturated rings. The van der Waals surface area contributed by atoms with Crippen molar-refractivity contribution < 1.29 is 0 Å². The van der Waals surface area contributed by atoms with Gasteiger partial charge in [-0.1, -0.05) is 6.92 Å². The molecule has 0 aliphatic heterocycles. The average Bonchev–Trinajstić information content (AvgIpc) is 2.90. The molecule has 0 unspecified atom stereocenters. The summed E-state index contributed by atoms with van der Waals surface area (Å²) in [4.78, 5) is 13.3. The number of anilines is 1. The van der Waals surface area contributed by atoms with Crippen molar-refractivity contribution in [1.29, 1.82) is 0 Å². The maximum absolute atomic E-state index is 4.66. The van der Waals surface area contributed by atoms with Gasteiger partial charge in [0.2, 0.25) is 0 Å². The van der Waals surface area contributed by atoms with Gasteiger partial charge in [-0.15, -0.1) is 0 Å². The summed E-state index contributed by atoms with van der Waals surface area (Å²) < 4.78 is 1.96. The Balaban J connectivity index is 2.02. The molecular weight excluding hydrogens is 276 g/mol. The quantitative estimate of drug-likeness (QED) is 0.784. The van der Waals surface area contributed by atoms with Crippen LogP contribution >= 0.6 is 0 Å². The average molecular weight is 296 g/mol. The summed E-state index contributed by atoms with van der Waals surface area (Å²) in [6.07, 6.45) is 4.39. The summed E-state index contributed by atoms with van der Waals surface area (Å²) in [5.74, 6) is 1.68. The van der Waals surface area contributed by atoms with Gasteiger partial charge in [0.1, 0.15) is 16.9 Å². The van der Waals surface area contributed by atoms with Gasteiger partial charge in [-0.25, -0.2) is 9.97 Å². The van der Waals surface area contributed by atoms with Crippen molar-refractivity contribution in [1.82, 2.24) is 24.7 Å². The monoisotopic (exact) mass is 296 g/mol. The van der Waals surface area contributed by atoms with E-state index in [-0.39, 0.29) is 0 Å². The standard InChI is InChI=1S/C16H20N6/c1-4-13-19-14-11(3)21-22(5-2)15(14)16(20-13)18-10-12-6-8-17-9-7-12/h6-9H,4-5,10H2,1-3H3,(H,18,19,20). The largest absolute Gasteiger partial charge is 0.364 e. The van der Waals surface area contributed by atoms with E-state index >= 15 is 0 Å². The van der Waals surface area contributed by atoms with E-state index in [1.165, 1.54) is 5.56 Å². The molecular formula is C16H20N6. The second-order valence-electron chi connectivity index (χ2n) is 5.15. The highest BCUT2D eigenvalue weighted by Gasteiger charge is 2.15. The van der Waals surface area contributed by atoms with E-state index in [2.05, 4.69) is 39.2 Å². The van der Waals surface area contributed by atoms with Crippen LogP contribution in [0.1, 0.15) is 30.9 Å². The number of nitrogens with one attached hydrogen (secondary N) is 1. The van der Waals surface area contributed by atoms with Gasteiger partial charge in [-0.2, -0.15) is 5.10 Å². The van der Waals surface area contributed by atoms with Gasteiger partial charge in [-0.3, -0.25) is 9.67 Å². The number of aryl methyl sites for hydroxylation is 3. The third kappa shape index (κ3) is 2.64. The first-order valence-corrected chi connectivity index (χ1v) is 7.59. The van der Waals surface area contributed by atoms with Crippen molar-refractivity contribution in [2.75, 3.05) is 5.32 Å². The number of hydrogen-bond donors (Lipinski definition) is 1. The molecule has 6 nitrogen and oxygen atoms in total. The fourth-order valence-electron chi connectivity index (χ4n) is 2.47. The molecule has 0 radical (unpaired) electrons. The Kier molecular flexibility index (Phi) is 4.00. The van der Waals surface area contributed by atoms with E-state index in [0.717, 1.165) is 41.3 Å². The number of pyridine rings is 1. The molecule has 0 saturated carbocycles. The van der Waals surface area contributed by atoms with Crippen molar-refractivity contribution in [2.45, 2.75) is 40.3 Å². The van der Waals surface area contributed by atoms with Crippen LogP contribution in [0.25, 0.3) is 11.0 Å². The maximum atomic E-state index is 4.66. The van der Waals surface area contributed by atoms with Crippen LogP contribution in [0.3, 0.4) is 0 Å². The lowest BCUT2D eigenvalue weighted by molar-refractivity contribution is 0.675. The van der Waals surface area contributed by atoms with E-state index in [9.17, 15) is 0 Å². The van der Waals surface area contributed by atoms with Crippen LogP contribution in [0.2, 0.25) is 0 Å². The van der Waals surface area contributed by atoms with Crippen LogP contribution in [-0.2, 0) is 19.5 Å². The fraction of sp³-hybridized carbons (Fsp3) is 0.375. The summed E-state index contributed by atoms with van der Waals surface area (Å²) >= 11 is 0. The number of fused-ring (bicyclic) bond motifs is 1. The Morgan fingerprint density at radius 3 is 2.59 bits per heavy atom. The maximum Gasteiger partial charge on any atom is 0.156 e. The van der Waals surface area contributed by atoms with Crippen LogP contribution in [0.5, 0.6) is 0 Å². The molecule has 0 saturated heterocycles. The molecule has 0 atom stereocenters. The minimum Gasteiger partial charge on any atom is -0.364 e. The van der Waals surface area contributed by atoms with Gasteiger partial charge in [0, 0.05) is 31.9 Å². The third-order valence-electron chi connectivity index (χ3n) is 3.63. The Bertz CT molecular complexity index is 778.